The molecule has 0 aliphatic heterocycles. The minimum absolute atomic E-state index is 0.182. The van der Waals surface area contributed by atoms with Crippen molar-refractivity contribution < 1.29 is 4.39 Å². The van der Waals surface area contributed by atoms with Crippen LogP contribution in [0.5, 0.6) is 0 Å². The Bertz CT molecular complexity index is 338. The number of benzene rings is 1. The molecule has 13 heavy (non-hydrogen) atoms. The number of nitrogens with zero attached hydrogens (tertiary/aromatic N) is 1. The summed E-state index contributed by atoms with van der Waals surface area (Å²) in [4.78, 5) is 3.65. The maximum absolute atomic E-state index is 13.1. The normalized spacial score (nSPS) is 11.5. The minimum Gasteiger partial charge on any atom is -0.370 e. The van der Waals surface area contributed by atoms with Gasteiger partial charge in [0.1, 0.15) is 5.82 Å². The monoisotopic (exact) mass is 245 g/mol. The number of hydrogen-bond acceptors (Lipinski definition) is 1. The van der Waals surface area contributed by atoms with Crippen LogP contribution in [0.2, 0.25) is 0 Å². The quantitative estimate of drug-likeness (QED) is 0.587. The van der Waals surface area contributed by atoms with Gasteiger partial charge in [0.2, 0.25) is 0 Å². The third-order valence-corrected chi connectivity index (χ3v) is 1.93. The summed E-state index contributed by atoms with van der Waals surface area (Å²) in [5.74, 6) is -0.192. The first-order chi connectivity index (χ1) is 6.13. The molecule has 0 spiro atoms. The Morgan fingerprint density at radius 1 is 1.62 bits per heavy atom. The predicted molar refractivity (Wildman–Crippen MR) is 55.3 cm³/mol. The van der Waals surface area contributed by atoms with Crippen LogP contribution in [0.3, 0.4) is 0 Å². The molecule has 70 valence electrons. The predicted octanol–water partition coefficient (Wildman–Crippen LogP) is 1.94. The van der Waals surface area contributed by atoms with Gasteiger partial charge in [-0.2, -0.15) is 0 Å². The zero-order chi connectivity index (χ0) is 9.84. The van der Waals surface area contributed by atoms with E-state index in [1.54, 1.807) is 12.1 Å². The Hall–Kier alpha value is -1.10. The lowest BCUT2D eigenvalue weighted by atomic mass is 10.3. The van der Waals surface area contributed by atoms with E-state index in [9.17, 15) is 4.39 Å². The lowest BCUT2D eigenvalue weighted by molar-refractivity contribution is 0.631. The molecule has 0 aliphatic carbocycles. The maximum Gasteiger partial charge on any atom is 0.192 e. The average molecular weight is 246 g/mol. The largest absolute Gasteiger partial charge is 0.370 e. The van der Waals surface area contributed by atoms with Crippen LogP contribution in [0, 0.1) is 5.82 Å². The van der Waals surface area contributed by atoms with Gasteiger partial charge in [-0.05, 0) is 18.2 Å². The second-order valence-electron chi connectivity index (χ2n) is 2.36. The smallest absolute Gasteiger partial charge is 0.192 e. The van der Waals surface area contributed by atoms with Crippen LogP contribution in [0.4, 0.5) is 10.1 Å². The zero-order valence-corrected chi connectivity index (χ0v) is 8.60. The number of guanidine groups is 1. The Morgan fingerprint density at radius 2 is 2.31 bits per heavy atom. The van der Waals surface area contributed by atoms with Crippen LogP contribution in [-0.4, -0.2) is 13.0 Å². The number of aliphatic imine (C=N–C) groups is 1. The lowest BCUT2D eigenvalue weighted by Gasteiger charge is -2.05. The van der Waals surface area contributed by atoms with Crippen molar-refractivity contribution in [2.75, 3.05) is 12.4 Å². The summed E-state index contributed by atoms with van der Waals surface area (Å²) in [6.07, 6.45) is 0. The molecule has 0 atom stereocenters. The van der Waals surface area contributed by atoms with Gasteiger partial charge in [-0.1, -0.05) is 15.9 Å². The molecule has 1 rings (SSSR count). The molecule has 3 N–H and O–H groups in total. The molecule has 0 amide bonds. The van der Waals surface area contributed by atoms with Gasteiger partial charge in [-0.15, -0.1) is 0 Å². The van der Waals surface area contributed by atoms with Crippen molar-refractivity contribution in [1.29, 1.82) is 0 Å². The molecule has 0 fully saturated rings. The SMILES string of the molecule is CN=C(N)Nc1ccc(Br)cc1F. The molecule has 1 aromatic rings. The van der Waals surface area contributed by atoms with Crippen LogP contribution in [-0.2, 0) is 0 Å². The van der Waals surface area contributed by atoms with E-state index in [2.05, 4.69) is 26.2 Å². The molecule has 0 unspecified atom stereocenters. The summed E-state index contributed by atoms with van der Waals surface area (Å²) < 4.78 is 13.8. The molecule has 0 aliphatic rings. The highest BCUT2D eigenvalue weighted by atomic mass is 79.9. The van der Waals surface area contributed by atoms with E-state index < -0.39 is 0 Å². The Labute approximate surface area is 84.0 Å². The fourth-order valence-electron chi connectivity index (χ4n) is 0.785. The van der Waals surface area contributed by atoms with E-state index in [4.69, 9.17) is 5.73 Å². The second kappa shape index (κ2) is 4.23. The lowest BCUT2D eigenvalue weighted by Crippen LogP contribution is -2.22. The van der Waals surface area contributed by atoms with Crippen LogP contribution in [0.1, 0.15) is 0 Å². The van der Waals surface area contributed by atoms with Gasteiger partial charge in [0.05, 0.1) is 5.69 Å². The average Bonchev–Trinajstić information content (AvgIpc) is 2.09. The van der Waals surface area contributed by atoms with Crippen LogP contribution in [0.25, 0.3) is 0 Å². The number of nitrogens with one attached hydrogen (secondary N) is 1. The van der Waals surface area contributed by atoms with Crippen LogP contribution in [0.15, 0.2) is 27.7 Å². The Kier molecular flexibility index (Phi) is 3.25. The van der Waals surface area contributed by atoms with Crippen molar-refractivity contribution >= 4 is 27.6 Å². The molecule has 1 aromatic carbocycles. The third-order valence-electron chi connectivity index (χ3n) is 1.43. The van der Waals surface area contributed by atoms with Gasteiger partial charge >= 0.3 is 0 Å². The van der Waals surface area contributed by atoms with E-state index >= 15 is 0 Å². The number of anilines is 1. The van der Waals surface area contributed by atoms with Crippen LogP contribution >= 0.6 is 15.9 Å². The Morgan fingerprint density at radius 3 is 2.85 bits per heavy atom. The summed E-state index contributed by atoms with van der Waals surface area (Å²) in [6.45, 7) is 0. The van der Waals surface area contributed by atoms with Gasteiger partial charge < -0.3 is 11.1 Å². The first-order valence-electron chi connectivity index (χ1n) is 3.58. The van der Waals surface area contributed by atoms with E-state index in [0.717, 1.165) is 0 Å². The number of halogens is 2. The van der Waals surface area contributed by atoms with Gasteiger partial charge in [-0.3, -0.25) is 4.99 Å². The molecule has 5 heteroatoms. The summed E-state index contributed by atoms with van der Waals surface area (Å²) in [7, 11) is 1.53. The van der Waals surface area contributed by atoms with E-state index in [1.807, 2.05) is 0 Å². The highest BCUT2D eigenvalue weighted by Gasteiger charge is 2.02. The molecule has 0 saturated heterocycles. The third kappa shape index (κ3) is 2.69. The highest BCUT2D eigenvalue weighted by Crippen LogP contribution is 2.18. The minimum atomic E-state index is -0.374. The first kappa shape index (κ1) is 9.98. The van der Waals surface area contributed by atoms with Crippen molar-refractivity contribution in [2.45, 2.75) is 0 Å². The van der Waals surface area contributed by atoms with E-state index in [0.29, 0.717) is 10.2 Å². The van der Waals surface area contributed by atoms with E-state index in [1.165, 1.54) is 13.1 Å². The zero-order valence-electron chi connectivity index (χ0n) is 7.01. The van der Waals surface area contributed by atoms with Crippen molar-refractivity contribution in [3.05, 3.63) is 28.5 Å². The van der Waals surface area contributed by atoms with E-state index in [-0.39, 0.29) is 11.8 Å². The topological polar surface area (TPSA) is 50.4 Å². The number of hydrogen-bond donors (Lipinski definition) is 2. The van der Waals surface area contributed by atoms with Crippen molar-refractivity contribution in [2.24, 2.45) is 10.7 Å². The summed E-state index contributed by atoms with van der Waals surface area (Å²) in [5.41, 5.74) is 5.68. The second-order valence-corrected chi connectivity index (χ2v) is 3.27. The molecule has 0 bridgehead atoms. The standard InChI is InChI=1S/C8H9BrFN3/c1-12-8(11)13-7-3-2-5(9)4-6(7)10/h2-4H,1H3,(H3,11,12,13). The Balaban J connectivity index is 2.90. The molecule has 0 radical (unpaired) electrons. The molecule has 3 nitrogen and oxygen atoms in total. The number of rotatable bonds is 1. The fourth-order valence-corrected chi connectivity index (χ4v) is 1.12. The van der Waals surface area contributed by atoms with Crippen molar-refractivity contribution in [3.8, 4) is 0 Å². The molecular weight excluding hydrogens is 237 g/mol. The van der Waals surface area contributed by atoms with Crippen molar-refractivity contribution in [1.82, 2.24) is 0 Å². The molecule has 0 saturated carbocycles. The van der Waals surface area contributed by atoms with Gasteiger partial charge in [0, 0.05) is 11.5 Å². The molecular formula is C8H9BrFN3. The molecule has 0 aromatic heterocycles. The van der Waals surface area contributed by atoms with Crippen molar-refractivity contribution in [3.63, 3.8) is 0 Å². The number of nitrogens with two attached hydrogens (primary N) is 1. The van der Waals surface area contributed by atoms with Gasteiger partial charge in [0.25, 0.3) is 0 Å². The highest BCUT2D eigenvalue weighted by molar-refractivity contribution is 9.10. The molecule has 0 heterocycles. The van der Waals surface area contributed by atoms with Gasteiger partial charge in [0.15, 0.2) is 5.96 Å². The van der Waals surface area contributed by atoms with Gasteiger partial charge in [-0.25, -0.2) is 4.39 Å². The summed E-state index contributed by atoms with van der Waals surface area (Å²) >= 11 is 3.15. The fraction of sp³-hybridized carbons (Fsp3) is 0.125. The first-order valence-corrected chi connectivity index (χ1v) is 4.37. The maximum atomic E-state index is 13.1. The summed E-state index contributed by atoms with van der Waals surface area (Å²) in [6, 6.07) is 4.65. The van der Waals surface area contributed by atoms with Crippen LogP contribution < -0.4 is 11.1 Å². The summed E-state index contributed by atoms with van der Waals surface area (Å²) in [5, 5.41) is 2.62.